The lowest BCUT2D eigenvalue weighted by molar-refractivity contribution is -0.113. The first-order valence-electron chi connectivity index (χ1n) is 11.3. The van der Waals surface area contributed by atoms with Crippen molar-refractivity contribution in [3.8, 4) is 17.9 Å². The van der Waals surface area contributed by atoms with Crippen molar-refractivity contribution >= 4 is 0 Å². The first kappa shape index (κ1) is 22.5. The summed E-state index contributed by atoms with van der Waals surface area (Å²) in [6.07, 6.45) is 3.84. The van der Waals surface area contributed by atoms with Crippen LogP contribution in [0.5, 0.6) is 0 Å². The lowest BCUT2D eigenvalue weighted by Gasteiger charge is -2.32. The molecule has 0 bridgehead atoms. The highest BCUT2D eigenvalue weighted by Crippen LogP contribution is 2.33. The van der Waals surface area contributed by atoms with E-state index in [1.807, 2.05) is 36.4 Å². The molecule has 0 unspecified atom stereocenters. The highest BCUT2D eigenvalue weighted by molar-refractivity contribution is 5.45. The monoisotopic (exact) mass is 431 g/mol. The average molecular weight is 432 g/mol. The average Bonchev–Trinajstić information content (AvgIpc) is 3.25. The van der Waals surface area contributed by atoms with Crippen LogP contribution < -0.4 is 0 Å². The third kappa shape index (κ3) is 5.38. The summed E-state index contributed by atoms with van der Waals surface area (Å²) < 4.78 is 5.94. The van der Waals surface area contributed by atoms with Crippen LogP contribution in [-0.2, 0) is 11.2 Å². The third-order valence-corrected chi connectivity index (χ3v) is 6.42. The van der Waals surface area contributed by atoms with Crippen molar-refractivity contribution in [1.29, 1.82) is 5.26 Å². The summed E-state index contributed by atoms with van der Waals surface area (Å²) in [6, 6.07) is 15.8. The predicted octanol–water partition coefficient (Wildman–Crippen LogP) is 3.38. The number of benzene rings is 2. The fourth-order valence-corrected chi connectivity index (χ4v) is 4.59. The van der Waals surface area contributed by atoms with Gasteiger partial charge in [0.15, 0.2) is 0 Å². The molecule has 0 amide bonds. The normalized spacial score (nSPS) is 24.4. The van der Waals surface area contributed by atoms with Gasteiger partial charge in [0.2, 0.25) is 0 Å². The molecule has 5 nitrogen and oxygen atoms in total. The highest BCUT2D eigenvalue weighted by atomic mass is 16.5. The fraction of sp³-hybridized carbons (Fsp3) is 0.444. The van der Waals surface area contributed by atoms with Crippen molar-refractivity contribution in [2.24, 2.45) is 0 Å². The lowest BCUT2D eigenvalue weighted by Crippen LogP contribution is -2.33. The van der Waals surface area contributed by atoms with Gasteiger partial charge in [-0.15, -0.1) is 0 Å². The second-order valence-corrected chi connectivity index (χ2v) is 8.95. The van der Waals surface area contributed by atoms with E-state index in [1.165, 1.54) is 0 Å². The van der Waals surface area contributed by atoms with Crippen LogP contribution in [0.1, 0.15) is 72.4 Å². The molecule has 32 heavy (non-hydrogen) atoms. The zero-order valence-corrected chi connectivity index (χ0v) is 18.1. The summed E-state index contributed by atoms with van der Waals surface area (Å²) in [7, 11) is 0. The molecule has 3 N–H and O–H groups in total. The quantitative estimate of drug-likeness (QED) is 0.646. The number of aliphatic hydroxyl groups is 3. The van der Waals surface area contributed by atoms with Crippen molar-refractivity contribution in [3.63, 3.8) is 0 Å². The van der Waals surface area contributed by atoms with Gasteiger partial charge in [-0.1, -0.05) is 36.1 Å². The molecule has 5 heteroatoms. The molecule has 2 aromatic carbocycles. The zero-order valence-electron chi connectivity index (χ0n) is 18.1. The summed E-state index contributed by atoms with van der Waals surface area (Å²) in [5.74, 6) is 6.12. The first-order chi connectivity index (χ1) is 15.5. The van der Waals surface area contributed by atoms with E-state index in [0.717, 1.165) is 47.9 Å². The van der Waals surface area contributed by atoms with Gasteiger partial charge in [-0.05, 0) is 67.0 Å². The third-order valence-electron chi connectivity index (χ3n) is 6.42. The Morgan fingerprint density at radius 1 is 1.06 bits per heavy atom. The predicted molar refractivity (Wildman–Crippen MR) is 121 cm³/mol. The van der Waals surface area contributed by atoms with Gasteiger partial charge in [-0.2, -0.15) is 5.26 Å². The van der Waals surface area contributed by atoms with Gasteiger partial charge in [-0.25, -0.2) is 0 Å². The molecule has 1 saturated heterocycles. The van der Waals surface area contributed by atoms with Crippen molar-refractivity contribution < 1.29 is 20.1 Å². The maximum Gasteiger partial charge on any atom is 0.125 e. The Morgan fingerprint density at radius 3 is 2.50 bits per heavy atom. The molecule has 1 saturated carbocycles. The van der Waals surface area contributed by atoms with E-state index in [9.17, 15) is 20.6 Å². The van der Waals surface area contributed by atoms with E-state index in [0.29, 0.717) is 24.8 Å². The van der Waals surface area contributed by atoms with Gasteiger partial charge < -0.3 is 20.1 Å². The minimum absolute atomic E-state index is 0.122. The van der Waals surface area contributed by atoms with Crippen molar-refractivity contribution in [1.82, 2.24) is 0 Å². The Hall–Kier alpha value is -2.67. The maximum atomic E-state index is 10.4. The van der Waals surface area contributed by atoms with E-state index in [-0.39, 0.29) is 18.8 Å². The van der Waals surface area contributed by atoms with Gasteiger partial charge in [0, 0.05) is 18.4 Å². The van der Waals surface area contributed by atoms with Crippen LogP contribution in [0.2, 0.25) is 0 Å². The van der Waals surface area contributed by atoms with E-state index < -0.39 is 11.7 Å². The van der Waals surface area contributed by atoms with Gasteiger partial charge in [0.25, 0.3) is 0 Å². The van der Waals surface area contributed by atoms with Crippen LogP contribution in [0.4, 0.5) is 0 Å². The second-order valence-electron chi connectivity index (χ2n) is 8.95. The molecule has 4 rings (SSSR count). The topological polar surface area (TPSA) is 93.7 Å². The fourth-order valence-electron chi connectivity index (χ4n) is 4.59. The molecule has 0 aromatic heterocycles. The summed E-state index contributed by atoms with van der Waals surface area (Å²) in [6.45, 7) is -0.122. The SMILES string of the molecule is N#Cc1ccc([C@H]2C[C@@H](O)C[C@@H](CO)O2)cc1Cc1ccc(C#CC2(O)CCCC2)cc1. The van der Waals surface area contributed by atoms with Crippen LogP contribution in [0.15, 0.2) is 42.5 Å². The van der Waals surface area contributed by atoms with Crippen LogP contribution >= 0.6 is 0 Å². The van der Waals surface area contributed by atoms with Crippen LogP contribution in [-0.4, -0.2) is 39.7 Å². The number of nitriles is 1. The molecule has 166 valence electrons. The van der Waals surface area contributed by atoms with Gasteiger partial charge in [0.1, 0.15) is 5.60 Å². The molecule has 2 aliphatic rings. The number of ether oxygens (including phenoxy) is 1. The number of hydrogen-bond donors (Lipinski definition) is 3. The summed E-state index contributed by atoms with van der Waals surface area (Å²) >= 11 is 0. The number of rotatable bonds is 4. The molecule has 2 fully saturated rings. The first-order valence-corrected chi connectivity index (χ1v) is 11.3. The molecule has 0 radical (unpaired) electrons. The number of hydrogen-bond acceptors (Lipinski definition) is 5. The second kappa shape index (κ2) is 9.86. The Morgan fingerprint density at radius 2 is 1.81 bits per heavy atom. The van der Waals surface area contributed by atoms with E-state index in [4.69, 9.17) is 4.74 Å². The van der Waals surface area contributed by atoms with Crippen molar-refractivity contribution in [2.75, 3.05) is 6.61 Å². The van der Waals surface area contributed by atoms with Crippen LogP contribution in [0, 0.1) is 23.2 Å². The van der Waals surface area contributed by atoms with Crippen molar-refractivity contribution in [3.05, 3.63) is 70.3 Å². The molecule has 1 aliphatic heterocycles. The van der Waals surface area contributed by atoms with Crippen LogP contribution in [0.25, 0.3) is 0 Å². The molecule has 2 aromatic rings. The smallest absolute Gasteiger partial charge is 0.125 e. The lowest BCUT2D eigenvalue weighted by atomic mass is 9.92. The van der Waals surface area contributed by atoms with Crippen molar-refractivity contribution in [2.45, 2.75) is 68.9 Å². The highest BCUT2D eigenvalue weighted by Gasteiger charge is 2.30. The number of nitrogens with zero attached hydrogens (tertiary/aromatic N) is 1. The van der Waals surface area contributed by atoms with Gasteiger partial charge >= 0.3 is 0 Å². The molecule has 0 spiro atoms. The Bertz CT molecular complexity index is 1040. The summed E-state index contributed by atoms with van der Waals surface area (Å²) in [5, 5.41) is 39.5. The molecular weight excluding hydrogens is 402 g/mol. The summed E-state index contributed by atoms with van der Waals surface area (Å²) in [4.78, 5) is 0. The molecule has 1 heterocycles. The van der Waals surface area contributed by atoms with Gasteiger partial charge in [0.05, 0.1) is 36.6 Å². The van der Waals surface area contributed by atoms with E-state index in [1.54, 1.807) is 6.07 Å². The van der Waals surface area contributed by atoms with Gasteiger partial charge in [-0.3, -0.25) is 0 Å². The largest absolute Gasteiger partial charge is 0.394 e. The number of aliphatic hydroxyl groups excluding tert-OH is 2. The van der Waals surface area contributed by atoms with E-state index >= 15 is 0 Å². The summed E-state index contributed by atoms with van der Waals surface area (Å²) in [5.41, 5.74) is 3.49. The van der Waals surface area contributed by atoms with E-state index in [2.05, 4.69) is 17.9 Å². The molecular formula is C27H29NO4. The Kier molecular flexibility index (Phi) is 6.94. The molecule has 3 atom stereocenters. The molecule has 1 aliphatic carbocycles. The van der Waals surface area contributed by atoms with Crippen LogP contribution in [0.3, 0.4) is 0 Å². The zero-order chi connectivity index (χ0) is 22.6. The minimum atomic E-state index is -0.843. The minimum Gasteiger partial charge on any atom is -0.394 e. The maximum absolute atomic E-state index is 10.4. The Labute approximate surface area is 189 Å². The Balaban J connectivity index is 1.50. The standard InChI is InChI=1S/C27H29NO4/c28-17-22-8-7-21(26-16-24(30)15-25(18-29)32-26)14-23(22)13-20-5-3-19(4-6-20)9-12-27(31)10-1-2-11-27/h3-8,14,24-26,29-31H,1-2,10-11,13,15-16,18H2/t24-,25-,26+/m0/s1.